The first-order valence-electron chi connectivity index (χ1n) is 11.6. The Labute approximate surface area is 228 Å². The Morgan fingerprint density at radius 3 is 2.64 bits per heavy atom. The van der Waals surface area contributed by atoms with Crippen molar-refractivity contribution < 1.29 is 27.5 Å². The van der Waals surface area contributed by atoms with Gasteiger partial charge in [-0.15, -0.1) is 0 Å². The molecule has 3 N–H and O–H groups in total. The van der Waals surface area contributed by atoms with Crippen LogP contribution in [0.5, 0.6) is 0 Å². The number of thiazole rings is 1. The van der Waals surface area contributed by atoms with Gasteiger partial charge in [-0.1, -0.05) is 53.3 Å². The highest BCUT2D eigenvalue weighted by molar-refractivity contribution is 7.23. The summed E-state index contributed by atoms with van der Waals surface area (Å²) in [5.74, 6) is -1.20. The molecule has 1 unspecified atom stereocenters. The summed E-state index contributed by atoms with van der Waals surface area (Å²) < 4.78 is 46.6. The zero-order valence-electron chi connectivity index (χ0n) is 20.1. The van der Waals surface area contributed by atoms with Gasteiger partial charge in [-0.05, 0) is 36.8 Å². The van der Waals surface area contributed by atoms with Crippen LogP contribution < -0.4 is 10.6 Å². The Kier molecular flexibility index (Phi) is 7.15. The average Bonchev–Trinajstić information content (AvgIpc) is 3.54. The van der Waals surface area contributed by atoms with Crippen molar-refractivity contribution in [1.29, 1.82) is 0 Å². The van der Waals surface area contributed by atoms with Crippen molar-refractivity contribution in [3.05, 3.63) is 82.5 Å². The van der Waals surface area contributed by atoms with Crippen molar-refractivity contribution >= 4 is 66.8 Å². The van der Waals surface area contributed by atoms with E-state index in [1.54, 1.807) is 43.3 Å². The van der Waals surface area contributed by atoms with Gasteiger partial charge in [-0.25, -0.2) is 9.78 Å². The lowest BCUT2D eigenvalue weighted by Gasteiger charge is -2.20. The molecule has 0 fully saturated rings. The summed E-state index contributed by atoms with van der Waals surface area (Å²) >= 11 is 7.08. The van der Waals surface area contributed by atoms with E-state index >= 15 is 0 Å². The van der Waals surface area contributed by atoms with E-state index in [0.29, 0.717) is 16.6 Å². The zero-order valence-corrected chi connectivity index (χ0v) is 21.7. The monoisotopic (exact) mass is 573 g/mol. The lowest BCUT2D eigenvalue weighted by atomic mass is 10.1. The molecule has 0 radical (unpaired) electrons. The molecular formula is C26H19ClF3N5O3S. The molecule has 0 aliphatic heterocycles. The van der Waals surface area contributed by atoms with E-state index < -0.39 is 29.7 Å². The van der Waals surface area contributed by atoms with Gasteiger partial charge in [0.05, 0.1) is 44.7 Å². The number of hydrogen-bond donors (Lipinski definition) is 3. The fraction of sp³-hybridized carbons (Fsp3) is 0.154. The average molecular weight is 574 g/mol. The van der Waals surface area contributed by atoms with Gasteiger partial charge in [-0.2, -0.15) is 18.3 Å². The summed E-state index contributed by atoms with van der Waals surface area (Å²) in [6.07, 6.45) is -3.25. The number of carbonyl (C=O) groups excluding carboxylic acids is 2. The molecular weight excluding hydrogens is 555 g/mol. The second-order valence-corrected chi connectivity index (χ2v) is 9.75. The summed E-state index contributed by atoms with van der Waals surface area (Å²) in [7, 11) is 0. The number of aromatic amines is 1. The number of carbonyl (C=O) groups is 2. The van der Waals surface area contributed by atoms with E-state index in [1.807, 2.05) is 0 Å². The van der Waals surface area contributed by atoms with Gasteiger partial charge in [-0.3, -0.25) is 15.2 Å². The van der Waals surface area contributed by atoms with Gasteiger partial charge in [0.2, 0.25) is 0 Å². The van der Waals surface area contributed by atoms with E-state index in [4.69, 9.17) is 16.3 Å². The molecule has 1 amide bonds. The molecule has 13 heteroatoms. The Morgan fingerprint density at radius 1 is 1.15 bits per heavy atom. The number of halogens is 4. The van der Waals surface area contributed by atoms with Crippen molar-refractivity contribution in [2.75, 3.05) is 17.2 Å². The molecule has 2 heterocycles. The fourth-order valence-corrected chi connectivity index (χ4v) is 5.23. The number of nitrogens with one attached hydrogen (secondary N) is 3. The van der Waals surface area contributed by atoms with Crippen LogP contribution >= 0.6 is 22.9 Å². The Morgan fingerprint density at radius 2 is 1.92 bits per heavy atom. The van der Waals surface area contributed by atoms with Crippen LogP contribution in [0.2, 0.25) is 5.02 Å². The number of fused-ring (bicyclic) bond motifs is 3. The molecule has 0 saturated heterocycles. The molecule has 200 valence electrons. The highest BCUT2D eigenvalue weighted by Gasteiger charge is 2.35. The van der Waals surface area contributed by atoms with E-state index in [0.717, 1.165) is 17.4 Å². The van der Waals surface area contributed by atoms with Gasteiger partial charge >= 0.3 is 12.1 Å². The van der Waals surface area contributed by atoms with Crippen LogP contribution in [0.25, 0.3) is 21.1 Å². The Balaban J connectivity index is 1.50. The van der Waals surface area contributed by atoms with Crippen molar-refractivity contribution in [1.82, 2.24) is 15.2 Å². The highest BCUT2D eigenvalue weighted by atomic mass is 35.5. The van der Waals surface area contributed by atoms with Crippen LogP contribution in [0.1, 0.15) is 34.5 Å². The second kappa shape index (κ2) is 10.5. The number of esters is 1. The van der Waals surface area contributed by atoms with Crippen LogP contribution in [0.3, 0.4) is 0 Å². The molecule has 2 aromatic heterocycles. The lowest BCUT2D eigenvalue weighted by Crippen LogP contribution is -2.27. The SMILES string of the molecule is CCOC(=O)c1cc(NC(C(=O)Nc2nc3c(C(F)(F)F)cc4[nH]ncc4c3s2)c2ccccc2)ccc1Cl. The van der Waals surface area contributed by atoms with Crippen LogP contribution in [0, 0.1) is 0 Å². The first-order chi connectivity index (χ1) is 18.7. The van der Waals surface area contributed by atoms with Crippen molar-refractivity contribution in [3.8, 4) is 0 Å². The predicted molar refractivity (Wildman–Crippen MR) is 143 cm³/mol. The Bertz CT molecular complexity index is 1690. The molecule has 3 aromatic carbocycles. The minimum atomic E-state index is -4.66. The number of anilines is 2. The molecule has 5 rings (SSSR count). The molecule has 0 aliphatic rings. The normalized spacial score (nSPS) is 12.4. The fourth-order valence-electron chi connectivity index (χ4n) is 4.02. The van der Waals surface area contributed by atoms with Gasteiger partial charge in [0.1, 0.15) is 6.04 Å². The number of ether oxygens (including phenoxy) is 1. The lowest BCUT2D eigenvalue weighted by molar-refractivity contribution is -0.136. The van der Waals surface area contributed by atoms with Gasteiger partial charge in [0, 0.05) is 11.1 Å². The van der Waals surface area contributed by atoms with E-state index in [1.165, 1.54) is 18.3 Å². The first kappa shape index (κ1) is 26.4. The quantitative estimate of drug-likeness (QED) is 0.184. The molecule has 5 aromatic rings. The van der Waals surface area contributed by atoms with E-state index in [9.17, 15) is 22.8 Å². The number of hydrogen-bond acceptors (Lipinski definition) is 7. The van der Waals surface area contributed by atoms with Crippen LogP contribution in [0.4, 0.5) is 24.0 Å². The topological polar surface area (TPSA) is 109 Å². The van der Waals surface area contributed by atoms with Crippen molar-refractivity contribution in [3.63, 3.8) is 0 Å². The summed E-state index contributed by atoms with van der Waals surface area (Å²) in [6.45, 7) is 1.83. The number of alkyl halides is 3. The maximum Gasteiger partial charge on any atom is 0.418 e. The number of nitrogens with zero attached hydrogens (tertiary/aromatic N) is 2. The summed E-state index contributed by atoms with van der Waals surface area (Å²) in [5, 5.41) is 12.7. The van der Waals surface area contributed by atoms with Gasteiger partial charge in [0.25, 0.3) is 5.91 Å². The predicted octanol–water partition coefficient (Wildman–Crippen LogP) is 6.81. The number of benzene rings is 3. The van der Waals surface area contributed by atoms with Crippen LogP contribution in [-0.4, -0.2) is 33.7 Å². The standard InChI is InChI=1S/C26H19ClF3N5O3S/c1-2-38-24(37)15-10-14(8-9-18(15)27)32-20(13-6-4-3-5-7-13)23(36)34-25-33-21-17(26(28,29)30)11-19-16(12-31-35-19)22(21)39-25/h3-12,20,32H,2H2,1H3,(H,31,35)(H,33,34,36). The molecule has 39 heavy (non-hydrogen) atoms. The van der Waals surface area contributed by atoms with E-state index in [2.05, 4.69) is 25.8 Å². The van der Waals surface area contributed by atoms with Crippen molar-refractivity contribution in [2.45, 2.75) is 19.1 Å². The molecule has 0 saturated carbocycles. The third-order valence-electron chi connectivity index (χ3n) is 5.79. The molecule has 0 aliphatic carbocycles. The molecule has 0 bridgehead atoms. The summed E-state index contributed by atoms with van der Waals surface area (Å²) in [6, 6.07) is 13.2. The minimum absolute atomic E-state index is 0.0137. The molecule has 0 spiro atoms. The van der Waals surface area contributed by atoms with Gasteiger partial charge in [0.15, 0.2) is 5.13 Å². The summed E-state index contributed by atoms with van der Waals surface area (Å²) in [5.41, 5.74) is 0.0762. The highest BCUT2D eigenvalue weighted by Crippen LogP contribution is 2.41. The van der Waals surface area contributed by atoms with Gasteiger partial charge < -0.3 is 10.1 Å². The second-order valence-electron chi connectivity index (χ2n) is 8.34. The van der Waals surface area contributed by atoms with Crippen molar-refractivity contribution in [2.24, 2.45) is 0 Å². The molecule has 8 nitrogen and oxygen atoms in total. The first-order valence-corrected chi connectivity index (χ1v) is 12.8. The zero-order chi connectivity index (χ0) is 27.7. The maximum atomic E-state index is 13.8. The van der Waals surface area contributed by atoms with Crippen LogP contribution in [0.15, 0.2) is 60.8 Å². The van der Waals surface area contributed by atoms with Crippen LogP contribution in [-0.2, 0) is 15.7 Å². The number of H-pyrrole nitrogens is 1. The number of aromatic nitrogens is 3. The number of amides is 1. The minimum Gasteiger partial charge on any atom is -0.462 e. The maximum absolute atomic E-state index is 13.8. The Hall–Kier alpha value is -4.16. The number of rotatable bonds is 7. The smallest absolute Gasteiger partial charge is 0.418 e. The van der Waals surface area contributed by atoms with E-state index in [-0.39, 0.29) is 38.1 Å². The summed E-state index contributed by atoms with van der Waals surface area (Å²) in [4.78, 5) is 29.9. The third-order valence-corrected chi connectivity index (χ3v) is 7.12. The largest absolute Gasteiger partial charge is 0.462 e. The molecule has 1 atom stereocenters. The third kappa shape index (κ3) is 5.38.